The number of rotatable bonds is 11. The van der Waals surface area contributed by atoms with Gasteiger partial charge in [-0.1, -0.05) is 54.4 Å². The lowest BCUT2D eigenvalue weighted by Gasteiger charge is -2.07. The molecule has 1 aromatic heterocycles. The van der Waals surface area contributed by atoms with Crippen LogP contribution in [0.25, 0.3) is 11.3 Å². The first-order chi connectivity index (χ1) is 12.0. The largest absolute Gasteiger partial charge is 0.229 e. The van der Waals surface area contributed by atoms with Crippen LogP contribution in [0.5, 0.6) is 0 Å². The lowest BCUT2D eigenvalue weighted by atomic mass is 10.0. The van der Waals surface area contributed by atoms with Crippen LogP contribution in [0.4, 0.5) is 0 Å². The van der Waals surface area contributed by atoms with E-state index in [1.165, 1.54) is 36.4 Å². The predicted octanol–water partition coefficient (Wildman–Crippen LogP) is 4.91. The Hall–Kier alpha value is -1.27. The average molecular weight is 381 g/mol. The van der Waals surface area contributed by atoms with Crippen molar-refractivity contribution in [3.8, 4) is 11.3 Å². The molecule has 0 fully saturated rings. The van der Waals surface area contributed by atoms with Crippen molar-refractivity contribution in [3.63, 3.8) is 0 Å². The Labute approximate surface area is 155 Å². The van der Waals surface area contributed by atoms with Crippen molar-refractivity contribution in [1.29, 1.82) is 0 Å². The van der Waals surface area contributed by atoms with Crippen molar-refractivity contribution in [2.24, 2.45) is 0 Å². The molecule has 0 unspecified atom stereocenters. The maximum Gasteiger partial charge on any atom is 0.152 e. The molecule has 0 amide bonds. The molecule has 0 N–H and O–H groups in total. The third-order valence-corrected chi connectivity index (χ3v) is 7.27. The molecule has 4 nitrogen and oxygen atoms in total. The fourth-order valence-corrected chi connectivity index (χ4v) is 4.25. The zero-order valence-corrected chi connectivity index (χ0v) is 16.8. The Bertz CT molecular complexity index is 708. The molecular weight excluding hydrogens is 352 g/mol. The van der Waals surface area contributed by atoms with Crippen LogP contribution in [-0.2, 0) is 16.3 Å². The molecule has 25 heavy (non-hydrogen) atoms. The average Bonchev–Trinajstić information content (AvgIpc) is 3.12. The SMILES string of the molecule is CC(C)S(=O)(=O)CCCCCCCCc1ccc(-c2csnn2)cc1. The van der Waals surface area contributed by atoms with Crippen LogP contribution in [-0.4, -0.2) is 29.0 Å². The van der Waals surface area contributed by atoms with Crippen molar-refractivity contribution in [1.82, 2.24) is 9.59 Å². The summed E-state index contributed by atoms with van der Waals surface area (Å²) >= 11 is 1.37. The third kappa shape index (κ3) is 6.86. The van der Waals surface area contributed by atoms with Gasteiger partial charge in [-0.3, -0.25) is 0 Å². The van der Waals surface area contributed by atoms with Gasteiger partial charge in [0.15, 0.2) is 9.84 Å². The number of hydrogen-bond acceptors (Lipinski definition) is 5. The summed E-state index contributed by atoms with van der Waals surface area (Å²) in [6.45, 7) is 3.52. The van der Waals surface area contributed by atoms with E-state index in [0.717, 1.165) is 36.9 Å². The standard InChI is InChI=1S/C19H28N2O2S2/c1-16(2)25(22,23)14-8-6-4-3-5-7-9-17-10-12-18(13-11-17)19-15-24-21-20-19/h10-13,15-16H,3-9,14H2,1-2H3. The van der Waals surface area contributed by atoms with Gasteiger partial charge in [-0.2, -0.15) is 0 Å². The van der Waals surface area contributed by atoms with Crippen molar-refractivity contribution < 1.29 is 8.42 Å². The van der Waals surface area contributed by atoms with Crippen LogP contribution in [0.1, 0.15) is 57.9 Å². The fraction of sp³-hybridized carbons (Fsp3) is 0.579. The topological polar surface area (TPSA) is 59.9 Å². The van der Waals surface area contributed by atoms with E-state index in [9.17, 15) is 8.42 Å². The molecule has 0 spiro atoms. The summed E-state index contributed by atoms with van der Waals surface area (Å²) in [5.74, 6) is 0.339. The van der Waals surface area contributed by atoms with E-state index in [1.54, 1.807) is 13.8 Å². The van der Waals surface area contributed by atoms with Crippen LogP contribution in [0.2, 0.25) is 0 Å². The minimum atomic E-state index is -2.86. The Morgan fingerprint density at radius 1 is 0.960 bits per heavy atom. The molecule has 0 radical (unpaired) electrons. The lowest BCUT2D eigenvalue weighted by Crippen LogP contribution is -2.17. The van der Waals surface area contributed by atoms with Crippen LogP contribution >= 0.6 is 11.5 Å². The van der Waals surface area contributed by atoms with Gasteiger partial charge in [-0.05, 0) is 50.2 Å². The van der Waals surface area contributed by atoms with E-state index < -0.39 is 9.84 Å². The number of aryl methyl sites for hydroxylation is 1. The highest BCUT2D eigenvalue weighted by Crippen LogP contribution is 2.19. The summed E-state index contributed by atoms with van der Waals surface area (Å²) < 4.78 is 27.3. The Morgan fingerprint density at radius 3 is 2.20 bits per heavy atom. The van der Waals surface area contributed by atoms with E-state index >= 15 is 0 Å². The smallest absolute Gasteiger partial charge is 0.152 e. The molecule has 0 saturated carbocycles. The van der Waals surface area contributed by atoms with Crippen LogP contribution < -0.4 is 0 Å². The molecule has 2 rings (SSSR count). The first kappa shape index (κ1) is 20.0. The second-order valence-corrected chi connectivity index (χ2v) is 10.1. The van der Waals surface area contributed by atoms with E-state index in [4.69, 9.17) is 0 Å². The highest BCUT2D eigenvalue weighted by atomic mass is 32.2. The van der Waals surface area contributed by atoms with Gasteiger partial charge in [-0.25, -0.2) is 8.42 Å². The highest BCUT2D eigenvalue weighted by molar-refractivity contribution is 7.91. The summed E-state index contributed by atoms with van der Waals surface area (Å²) in [5.41, 5.74) is 3.42. The number of hydrogen-bond donors (Lipinski definition) is 0. The van der Waals surface area contributed by atoms with Gasteiger partial charge >= 0.3 is 0 Å². The lowest BCUT2D eigenvalue weighted by molar-refractivity contribution is 0.574. The molecule has 0 bridgehead atoms. The van der Waals surface area contributed by atoms with E-state index in [-0.39, 0.29) is 5.25 Å². The molecule has 138 valence electrons. The number of unbranched alkanes of at least 4 members (excludes halogenated alkanes) is 5. The molecule has 6 heteroatoms. The van der Waals surface area contributed by atoms with Gasteiger partial charge in [0.05, 0.1) is 11.0 Å². The fourth-order valence-electron chi connectivity index (χ4n) is 2.71. The van der Waals surface area contributed by atoms with Crippen molar-refractivity contribution in [2.75, 3.05) is 5.75 Å². The second kappa shape index (κ2) is 10.0. The Balaban J connectivity index is 1.56. The quantitative estimate of drug-likeness (QED) is 0.520. The monoisotopic (exact) mass is 380 g/mol. The highest BCUT2D eigenvalue weighted by Gasteiger charge is 2.14. The first-order valence-corrected chi connectivity index (χ1v) is 11.6. The molecule has 2 aromatic rings. The maximum atomic E-state index is 11.7. The van der Waals surface area contributed by atoms with Crippen molar-refractivity contribution in [3.05, 3.63) is 35.2 Å². The molecule has 1 heterocycles. The summed E-state index contributed by atoms with van der Waals surface area (Å²) in [7, 11) is -2.86. The Morgan fingerprint density at radius 2 is 1.60 bits per heavy atom. The molecule has 0 aliphatic carbocycles. The van der Waals surface area contributed by atoms with Crippen LogP contribution in [0.15, 0.2) is 29.6 Å². The summed E-state index contributed by atoms with van der Waals surface area (Å²) in [6.07, 6.45) is 7.61. The minimum absolute atomic E-state index is 0.245. The van der Waals surface area contributed by atoms with Crippen molar-refractivity contribution in [2.45, 2.75) is 64.0 Å². The van der Waals surface area contributed by atoms with Crippen LogP contribution in [0.3, 0.4) is 0 Å². The molecule has 0 aliphatic heterocycles. The zero-order valence-electron chi connectivity index (χ0n) is 15.1. The van der Waals surface area contributed by atoms with Gasteiger partial charge in [0.2, 0.25) is 0 Å². The van der Waals surface area contributed by atoms with Gasteiger partial charge in [0.25, 0.3) is 0 Å². The molecular formula is C19H28N2O2S2. The van der Waals surface area contributed by atoms with E-state index in [2.05, 4.69) is 33.9 Å². The normalized spacial score (nSPS) is 12.0. The number of nitrogens with zero attached hydrogens (tertiary/aromatic N) is 2. The summed E-state index contributed by atoms with van der Waals surface area (Å²) in [4.78, 5) is 0. The number of benzene rings is 1. The first-order valence-electron chi connectivity index (χ1n) is 9.07. The maximum absolute atomic E-state index is 11.7. The van der Waals surface area contributed by atoms with E-state index in [1.807, 2.05) is 5.38 Å². The summed E-state index contributed by atoms with van der Waals surface area (Å²) in [6, 6.07) is 8.57. The number of sulfone groups is 1. The zero-order chi connectivity index (χ0) is 18.1. The third-order valence-electron chi connectivity index (χ3n) is 4.47. The van der Waals surface area contributed by atoms with Gasteiger partial charge in [-0.15, -0.1) is 5.10 Å². The van der Waals surface area contributed by atoms with E-state index in [0.29, 0.717) is 5.75 Å². The molecule has 1 aromatic carbocycles. The van der Waals surface area contributed by atoms with Crippen molar-refractivity contribution >= 4 is 21.4 Å². The van der Waals surface area contributed by atoms with Gasteiger partial charge < -0.3 is 0 Å². The molecule has 0 aliphatic rings. The van der Waals surface area contributed by atoms with Gasteiger partial charge in [0.1, 0.15) is 5.69 Å². The summed E-state index contributed by atoms with van der Waals surface area (Å²) in [5, 5.41) is 5.80. The second-order valence-electron chi connectivity index (χ2n) is 6.77. The van der Waals surface area contributed by atoms with Crippen LogP contribution in [0, 0.1) is 0 Å². The predicted molar refractivity (Wildman–Crippen MR) is 106 cm³/mol. The molecule has 0 atom stereocenters. The van der Waals surface area contributed by atoms with Gasteiger partial charge in [0, 0.05) is 10.9 Å². The Kier molecular flexibility index (Phi) is 8.03. The number of aromatic nitrogens is 2. The minimum Gasteiger partial charge on any atom is -0.229 e. The molecule has 0 saturated heterocycles.